The van der Waals surface area contributed by atoms with Crippen LogP contribution in [0.25, 0.3) is 11.2 Å². The highest BCUT2D eigenvalue weighted by molar-refractivity contribution is 6.28. The normalized spacial score (nSPS) is 10.5. The van der Waals surface area contributed by atoms with Crippen molar-refractivity contribution in [2.75, 3.05) is 0 Å². The molecule has 0 unspecified atom stereocenters. The SMILES string of the molecule is O=C(O)c1ncc2[nH]c(Cl)nc2n1. The molecule has 2 aromatic heterocycles. The molecule has 0 aliphatic carbocycles. The largest absolute Gasteiger partial charge is 0.475 e. The van der Waals surface area contributed by atoms with Gasteiger partial charge in [0.2, 0.25) is 11.1 Å². The maximum absolute atomic E-state index is 10.5. The predicted molar refractivity (Wildman–Crippen MR) is 43.7 cm³/mol. The zero-order chi connectivity index (χ0) is 9.42. The van der Waals surface area contributed by atoms with Crippen molar-refractivity contribution in [1.29, 1.82) is 0 Å². The molecule has 7 heteroatoms. The highest BCUT2D eigenvalue weighted by Crippen LogP contribution is 2.10. The van der Waals surface area contributed by atoms with Crippen molar-refractivity contribution in [3.63, 3.8) is 0 Å². The fourth-order valence-corrected chi connectivity index (χ4v) is 1.06. The summed E-state index contributed by atoms with van der Waals surface area (Å²) in [5, 5.41) is 8.71. The van der Waals surface area contributed by atoms with E-state index in [4.69, 9.17) is 16.7 Å². The second kappa shape index (κ2) is 2.67. The number of carboxylic acid groups (broad SMARTS) is 1. The number of halogens is 1. The number of carbonyl (C=O) groups is 1. The van der Waals surface area contributed by atoms with E-state index in [0.29, 0.717) is 5.52 Å². The average molecular weight is 199 g/mol. The smallest absolute Gasteiger partial charge is 0.374 e. The van der Waals surface area contributed by atoms with Crippen molar-refractivity contribution in [1.82, 2.24) is 19.9 Å². The molecule has 2 aromatic rings. The lowest BCUT2D eigenvalue weighted by Gasteiger charge is -1.90. The minimum absolute atomic E-state index is 0.159. The lowest BCUT2D eigenvalue weighted by atomic mass is 10.5. The van der Waals surface area contributed by atoms with Crippen LogP contribution in [0.15, 0.2) is 6.20 Å². The number of carboxylic acids is 1. The number of H-pyrrole nitrogens is 1. The first-order chi connectivity index (χ1) is 6.16. The van der Waals surface area contributed by atoms with Crippen LogP contribution in [0.5, 0.6) is 0 Å². The molecule has 0 bridgehead atoms. The van der Waals surface area contributed by atoms with E-state index < -0.39 is 5.97 Å². The maximum atomic E-state index is 10.5. The number of hydrogen-bond donors (Lipinski definition) is 2. The minimum atomic E-state index is -1.19. The van der Waals surface area contributed by atoms with E-state index in [0.717, 1.165) is 0 Å². The number of rotatable bonds is 1. The molecule has 0 spiro atoms. The second-order valence-electron chi connectivity index (χ2n) is 2.26. The summed E-state index contributed by atoms with van der Waals surface area (Å²) >= 11 is 5.53. The molecule has 2 rings (SSSR count). The average Bonchev–Trinajstić information content (AvgIpc) is 2.42. The third kappa shape index (κ3) is 1.31. The Morgan fingerprint density at radius 1 is 1.54 bits per heavy atom. The summed E-state index contributed by atoms with van der Waals surface area (Å²) in [6.45, 7) is 0. The summed E-state index contributed by atoms with van der Waals surface area (Å²) in [5.74, 6) is -1.49. The Bertz CT molecular complexity index is 480. The Morgan fingerprint density at radius 2 is 2.31 bits per heavy atom. The molecule has 0 atom stereocenters. The molecule has 0 aromatic carbocycles. The standard InChI is InChI=1S/C6H3ClN4O2/c7-6-9-2-1-8-4(5(12)13)10-3(2)11-6/h1H,(H,12,13)(H,8,9,10,11). The zero-order valence-corrected chi connectivity index (χ0v) is 6.91. The number of hydrogen-bond acceptors (Lipinski definition) is 4. The van der Waals surface area contributed by atoms with E-state index >= 15 is 0 Å². The third-order valence-corrected chi connectivity index (χ3v) is 1.58. The van der Waals surface area contributed by atoms with Crippen LogP contribution in [0.2, 0.25) is 5.28 Å². The van der Waals surface area contributed by atoms with Crippen LogP contribution in [0.1, 0.15) is 10.6 Å². The number of nitrogens with one attached hydrogen (secondary N) is 1. The number of aromatic nitrogens is 4. The molecule has 0 fully saturated rings. The van der Waals surface area contributed by atoms with Crippen LogP contribution in [0.3, 0.4) is 0 Å². The molecule has 0 radical (unpaired) electrons. The highest BCUT2D eigenvalue weighted by Gasteiger charge is 2.09. The molecular weight excluding hydrogens is 196 g/mol. The number of imidazole rings is 1. The lowest BCUT2D eigenvalue weighted by Crippen LogP contribution is -2.03. The second-order valence-corrected chi connectivity index (χ2v) is 2.62. The van der Waals surface area contributed by atoms with Crippen molar-refractivity contribution in [2.45, 2.75) is 0 Å². The van der Waals surface area contributed by atoms with Gasteiger partial charge in [0.05, 0.1) is 6.20 Å². The molecule has 0 saturated carbocycles. The number of aromatic amines is 1. The van der Waals surface area contributed by atoms with Crippen molar-refractivity contribution in [3.05, 3.63) is 17.3 Å². The Balaban J connectivity index is 2.67. The first kappa shape index (κ1) is 7.93. The number of nitrogens with zero attached hydrogens (tertiary/aromatic N) is 3. The van der Waals surface area contributed by atoms with Gasteiger partial charge in [-0.2, -0.15) is 4.98 Å². The lowest BCUT2D eigenvalue weighted by molar-refractivity contribution is 0.0684. The van der Waals surface area contributed by atoms with E-state index in [2.05, 4.69) is 19.9 Å². The molecule has 13 heavy (non-hydrogen) atoms. The first-order valence-corrected chi connectivity index (χ1v) is 3.66. The van der Waals surface area contributed by atoms with Crippen LogP contribution < -0.4 is 0 Å². The quantitative estimate of drug-likeness (QED) is 0.659. The van der Waals surface area contributed by atoms with Gasteiger partial charge in [-0.1, -0.05) is 0 Å². The molecule has 0 aliphatic heterocycles. The van der Waals surface area contributed by atoms with E-state index in [1.807, 2.05) is 0 Å². The van der Waals surface area contributed by atoms with E-state index in [1.165, 1.54) is 6.20 Å². The van der Waals surface area contributed by atoms with Crippen molar-refractivity contribution < 1.29 is 9.90 Å². The van der Waals surface area contributed by atoms with Gasteiger partial charge in [0.1, 0.15) is 5.52 Å². The van der Waals surface area contributed by atoms with Crippen LogP contribution in [-0.4, -0.2) is 31.0 Å². The summed E-state index contributed by atoms with van der Waals surface area (Å²) in [6.07, 6.45) is 1.32. The Labute approximate surface area is 76.6 Å². The summed E-state index contributed by atoms with van der Waals surface area (Å²) in [7, 11) is 0. The summed E-state index contributed by atoms with van der Waals surface area (Å²) in [5.41, 5.74) is 0.757. The third-order valence-electron chi connectivity index (χ3n) is 1.40. The van der Waals surface area contributed by atoms with E-state index in [1.54, 1.807) is 0 Å². The van der Waals surface area contributed by atoms with Gasteiger partial charge >= 0.3 is 5.97 Å². The van der Waals surface area contributed by atoms with Gasteiger partial charge in [-0.15, -0.1) is 0 Å². The van der Waals surface area contributed by atoms with Gasteiger partial charge in [-0.3, -0.25) is 0 Å². The first-order valence-electron chi connectivity index (χ1n) is 3.28. The summed E-state index contributed by atoms with van der Waals surface area (Å²) < 4.78 is 0. The van der Waals surface area contributed by atoms with Gasteiger partial charge < -0.3 is 10.1 Å². The summed E-state index contributed by atoms with van der Waals surface area (Å²) in [4.78, 5) is 24.1. The van der Waals surface area contributed by atoms with Crippen molar-refractivity contribution in [2.24, 2.45) is 0 Å². The molecule has 2 N–H and O–H groups in total. The molecule has 0 saturated heterocycles. The van der Waals surface area contributed by atoms with Crippen LogP contribution in [0, 0.1) is 0 Å². The molecule has 66 valence electrons. The Morgan fingerprint density at radius 3 is 3.00 bits per heavy atom. The zero-order valence-electron chi connectivity index (χ0n) is 6.15. The molecule has 0 amide bonds. The van der Waals surface area contributed by atoms with Crippen LogP contribution >= 0.6 is 11.6 Å². The molecule has 0 aliphatic rings. The maximum Gasteiger partial charge on any atom is 0.374 e. The highest BCUT2D eigenvalue weighted by atomic mass is 35.5. The monoisotopic (exact) mass is 198 g/mol. The predicted octanol–water partition coefficient (Wildman–Crippen LogP) is 0.704. The summed E-state index contributed by atoms with van der Waals surface area (Å²) in [6, 6.07) is 0. The van der Waals surface area contributed by atoms with Gasteiger partial charge in [-0.25, -0.2) is 14.8 Å². The van der Waals surface area contributed by atoms with Gasteiger partial charge in [0.15, 0.2) is 5.65 Å². The molecule has 2 heterocycles. The number of fused-ring (bicyclic) bond motifs is 1. The Kier molecular flexibility index (Phi) is 1.63. The Hall–Kier alpha value is -1.69. The van der Waals surface area contributed by atoms with Crippen molar-refractivity contribution >= 4 is 28.7 Å². The van der Waals surface area contributed by atoms with Crippen molar-refractivity contribution in [3.8, 4) is 0 Å². The van der Waals surface area contributed by atoms with Gasteiger partial charge in [0, 0.05) is 0 Å². The molecule has 6 nitrogen and oxygen atoms in total. The molecular formula is C6H3ClN4O2. The van der Waals surface area contributed by atoms with Crippen LogP contribution in [-0.2, 0) is 0 Å². The topological polar surface area (TPSA) is 91.8 Å². The fraction of sp³-hybridized carbons (Fsp3) is 0. The fourth-order valence-electron chi connectivity index (χ4n) is 0.881. The van der Waals surface area contributed by atoms with Crippen LogP contribution in [0.4, 0.5) is 0 Å². The van der Waals surface area contributed by atoms with E-state index in [-0.39, 0.29) is 16.8 Å². The number of aromatic carboxylic acids is 1. The van der Waals surface area contributed by atoms with E-state index in [9.17, 15) is 4.79 Å². The van der Waals surface area contributed by atoms with Gasteiger partial charge in [-0.05, 0) is 11.6 Å². The minimum Gasteiger partial charge on any atom is -0.475 e. The van der Waals surface area contributed by atoms with Gasteiger partial charge in [0.25, 0.3) is 0 Å².